The van der Waals surface area contributed by atoms with E-state index in [1.807, 2.05) is 19.1 Å². The van der Waals surface area contributed by atoms with Crippen LogP contribution in [-0.4, -0.2) is 28.7 Å². The summed E-state index contributed by atoms with van der Waals surface area (Å²) in [5.74, 6) is 0.237. The number of fused-ring (bicyclic) bond motifs is 1. The zero-order valence-corrected chi connectivity index (χ0v) is 12.4. The number of hydrogen-bond acceptors (Lipinski definition) is 4. The summed E-state index contributed by atoms with van der Waals surface area (Å²) in [5.41, 5.74) is 1.22. The molecule has 114 valence electrons. The number of piperidine rings is 1. The summed E-state index contributed by atoms with van der Waals surface area (Å²) in [6.07, 6.45) is 4.85. The van der Waals surface area contributed by atoms with Gasteiger partial charge in [-0.05, 0) is 37.8 Å². The molecule has 1 aliphatic heterocycles. The van der Waals surface area contributed by atoms with E-state index in [0.717, 1.165) is 37.8 Å². The number of aryl methyl sites for hydroxylation is 1. The molecule has 3 rings (SSSR count). The Morgan fingerprint density at radius 2 is 2.19 bits per heavy atom. The van der Waals surface area contributed by atoms with Crippen molar-refractivity contribution in [1.29, 1.82) is 0 Å². The lowest BCUT2D eigenvalue weighted by atomic mass is 9.71. The molecule has 0 aromatic heterocycles. The van der Waals surface area contributed by atoms with Crippen molar-refractivity contribution in [3.05, 3.63) is 33.9 Å². The van der Waals surface area contributed by atoms with Crippen molar-refractivity contribution in [1.82, 2.24) is 0 Å². The van der Waals surface area contributed by atoms with Crippen molar-refractivity contribution in [3.63, 3.8) is 0 Å². The van der Waals surface area contributed by atoms with Crippen LogP contribution in [0.3, 0.4) is 0 Å². The van der Waals surface area contributed by atoms with E-state index in [9.17, 15) is 15.2 Å². The summed E-state index contributed by atoms with van der Waals surface area (Å²) in [4.78, 5) is 13.1. The first-order valence-electron chi connectivity index (χ1n) is 7.72. The minimum absolute atomic E-state index is 0.177. The number of rotatable bonds is 2. The van der Waals surface area contributed by atoms with Crippen LogP contribution in [0.5, 0.6) is 0 Å². The minimum atomic E-state index is -0.547. The molecule has 21 heavy (non-hydrogen) atoms. The van der Waals surface area contributed by atoms with Gasteiger partial charge in [0.25, 0.3) is 5.69 Å². The first-order valence-corrected chi connectivity index (χ1v) is 7.72. The van der Waals surface area contributed by atoms with E-state index in [-0.39, 0.29) is 16.5 Å². The van der Waals surface area contributed by atoms with Crippen molar-refractivity contribution in [2.45, 2.75) is 44.6 Å². The standard InChI is InChI=1S/C16H22N2O3/c1-12-5-6-14(15(10-12)18(20)21)17-9-8-16(19)7-3-2-4-13(16)11-17/h5-6,10,13,19H,2-4,7-9,11H2,1H3. The summed E-state index contributed by atoms with van der Waals surface area (Å²) in [6, 6.07) is 5.40. The topological polar surface area (TPSA) is 66.6 Å². The Labute approximate surface area is 124 Å². The average molecular weight is 290 g/mol. The van der Waals surface area contributed by atoms with Crippen LogP contribution < -0.4 is 4.90 Å². The van der Waals surface area contributed by atoms with Crippen LogP contribution >= 0.6 is 0 Å². The summed E-state index contributed by atoms with van der Waals surface area (Å²) in [7, 11) is 0. The fraction of sp³-hybridized carbons (Fsp3) is 0.625. The lowest BCUT2D eigenvalue weighted by Gasteiger charge is -2.48. The molecule has 0 amide bonds. The smallest absolute Gasteiger partial charge is 0.292 e. The summed E-state index contributed by atoms with van der Waals surface area (Å²) in [5, 5.41) is 22.0. The van der Waals surface area contributed by atoms with E-state index in [2.05, 4.69) is 4.90 Å². The van der Waals surface area contributed by atoms with E-state index in [0.29, 0.717) is 18.7 Å². The summed E-state index contributed by atoms with van der Waals surface area (Å²) >= 11 is 0. The van der Waals surface area contributed by atoms with Gasteiger partial charge in [0.2, 0.25) is 0 Å². The lowest BCUT2D eigenvalue weighted by Crippen LogP contribution is -2.53. The third-order valence-electron chi connectivity index (χ3n) is 5.10. The number of hydrogen-bond donors (Lipinski definition) is 1. The lowest BCUT2D eigenvalue weighted by molar-refractivity contribution is -0.384. The highest BCUT2D eigenvalue weighted by Crippen LogP contribution is 2.42. The van der Waals surface area contributed by atoms with Gasteiger partial charge >= 0.3 is 0 Å². The molecule has 1 aliphatic carbocycles. The van der Waals surface area contributed by atoms with Crippen LogP contribution in [-0.2, 0) is 0 Å². The number of anilines is 1. The molecule has 1 heterocycles. The molecule has 1 aromatic rings. The predicted octanol–water partition coefficient (Wildman–Crippen LogP) is 3.03. The van der Waals surface area contributed by atoms with Crippen LogP contribution in [0, 0.1) is 23.0 Å². The van der Waals surface area contributed by atoms with Gasteiger partial charge in [-0.15, -0.1) is 0 Å². The number of nitro benzene ring substituents is 1. The molecular formula is C16H22N2O3. The van der Waals surface area contributed by atoms with Crippen LogP contribution in [0.1, 0.15) is 37.7 Å². The largest absolute Gasteiger partial charge is 0.389 e. The molecule has 1 N–H and O–H groups in total. The molecule has 2 atom stereocenters. The van der Waals surface area contributed by atoms with E-state index >= 15 is 0 Å². The first-order chi connectivity index (χ1) is 9.99. The molecule has 5 nitrogen and oxygen atoms in total. The van der Waals surface area contributed by atoms with Gasteiger partial charge in [-0.25, -0.2) is 0 Å². The fourth-order valence-electron chi connectivity index (χ4n) is 3.84. The molecule has 5 heteroatoms. The Morgan fingerprint density at radius 3 is 2.95 bits per heavy atom. The third-order valence-corrected chi connectivity index (χ3v) is 5.10. The molecule has 1 saturated carbocycles. The van der Waals surface area contributed by atoms with Crippen molar-refractivity contribution in [2.24, 2.45) is 5.92 Å². The highest BCUT2D eigenvalue weighted by atomic mass is 16.6. The van der Waals surface area contributed by atoms with Gasteiger partial charge in [0.15, 0.2) is 0 Å². The second-order valence-electron chi connectivity index (χ2n) is 6.49. The zero-order chi connectivity index (χ0) is 15.0. The van der Waals surface area contributed by atoms with Crippen molar-refractivity contribution < 1.29 is 10.0 Å². The Kier molecular flexibility index (Phi) is 3.61. The number of aliphatic hydroxyl groups is 1. The van der Waals surface area contributed by atoms with Crippen LogP contribution in [0.4, 0.5) is 11.4 Å². The Morgan fingerprint density at radius 1 is 1.38 bits per heavy atom. The van der Waals surface area contributed by atoms with Gasteiger partial charge in [0, 0.05) is 25.1 Å². The molecule has 2 aliphatic rings. The Bertz CT molecular complexity index is 560. The highest BCUT2D eigenvalue weighted by Gasteiger charge is 2.43. The molecule has 0 bridgehead atoms. The third kappa shape index (κ3) is 2.62. The fourth-order valence-corrected chi connectivity index (χ4v) is 3.84. The second-order valence-corrected chi connectivity index (χ2v) is 6.49. The molecule has 2 fully saturated rings. The summed E-state index contributed by atoms with van der Waals surface area (Å²) < 4.78 is 0. The van der Waals surface area contributed by atoms with E-state index in [4.69, 9.17) is 0 Å². The first kappa shape index (κ1) is 14.3. The zero-order valence-electron chi connectivity index (χ0n) is 12.4. The quantitative estimate of drug-likeness (QED) is 0.671. The number of benzene rings is 1. The van der Waals surface area contributed by atoms with Gasteiger partial charge in [0.05, 0.1) is 10.5 Å². The van der Waals surface area contributed by atoms with Crippen molar-refractivity contribution >= 4 is 11.4 Å². The maximum Gasteiger partial charge on any atom is 0.292 e. The average Bonchev–Trinajstić information content (AvgIpc) is 2.46. The van der Waals surface area contributed by atoms with E-state index in [1.165, 1.54) is 0 Å². The van der Waals surface area contributed by atoms with Gasteiger partial charge < -0.3 is 10.0 Å². The SMILES string of the molecule is Cc1ccc(N2CCC3(O)CCCCC3C2)c([N+](=O)[O-])c1. The van der Waals surface area contributed by atoms with E-state index in [1.54, 1.807) is 6.07 Å². The van der Waals surface area contributed by atoms with Gasteiger partial charge in [-0.1, -0.05) is 18.9 Å². The molecule has 2 unspecified atom stereocenters. The maximum atomic E-state index is 11.3. The van der Waals surface area contributed by atoms with Crippen LogP contribution in [0.2, 0.25) is 0 Å². The number of nitrogens with zero attached hydrogens (tertiary/aromatic N) is 2. The molecule has 0 spiro atoms. The normalized spacial score (nSPS) is 29.0. The van der Waals surface area contributed by atoms with E-state index < -0.39 is 5.60 Å². The highest BCUT2D eigenvalue weighted by molar-refractivity contribution is 5.64. The maximum absolute atomic E-state index is 11.3. The van der Waals surface area contributed by atoms with Crippen LogP contribution in [0.25, 0.3) is 0 Å². The Balaban J connectivity index is 1.87. The Hall–Kier alpha value is -1.62. The van der Waals surface area contributed by atoms with Gasteiger partial charge in [-0.3, -0.25) is 10.1 Å². The second kappa shape index (κ2) is 5.30. The monoisotopic (exact) mass is 290 g/mol. The van der Waals surface area contributed by atoms with Crippen molar-refractivity contribution in [2.75, 3.05) is 18.0 Å². The summed E-state index contributed by atoms with van der Waals surface area (Å²) in [6.45, 7) is 3.28. The minimum Gasteiger partial charge on any atom is -0.389 e. The number of nitro groups is 1. The molecular weight excluding hydrogens is 268 g/mol. The van der Waals surface area contributed by atoms with Crippen molar-refractivity contribution in [3.8, 4) is 0 Å². The molecule has 1 aromatic carbocycles. The predicted molar refractivity (Wildman–Crippen MR) is 81.6 cm³/mol. The van der Waals surface area contributed by atoms with Gasteiger partial charge in [0.1, 0.15) is 5.69 Å². The van der Waals surface area contributed by atoms with Crippen LogP contribution in [0.15, 0.2) is 18.2 Å². The molecule has 0 radical (unpaired) electrons. The molecule has 1 saturated heterocycles. The van der Waals surface area contributed by atoms with Gasteiger partial charge in [-0.2, -0.15) is 0 Å².